The molecule has 2 aromatic carbocycles. The summed E-state index contributed by atoms with van der Waals surface area (Å²) >= 11 is 0. The topological polar surface area (TPSA) is 74.5 Å². The van der Waals surface area contributed by atoms with E-state index in [1.54, 1.807) is 18.4 Å². The molecule has 2 heterocycles. The fraction of sp³-hybridized carbons (Fsp3) is 0.318. The lowest BCUT2D eigenvalue weighted by atomic mass is 9.70. The van der Waals surface area contributed by atoms with Gasteiger partial charge in [-0.15, -0.1) is 0 Å². The second-order valence-corrected chi connectivity index (χ2v) is 7.66. The van der Waals surface area contributed by atoms with Crippen molar-refractivity contribution in [2.24, 2.45) is 0 Å². The number of carbonyl (C=O) groups excluding carboxylic acids is 1. The van der Waals surface area contributed by atoms with E-state index in [4.69, 9.17) is 4.42 Å². The third-order valence-corrected chi connectivity index (χ3v) is 6.03. The highest BCUT2D eigenvalue weighted by atomic mass is 16.3. The second kappa shape index (κ2) is 6.05. The van der Waals surface area contributed by atoms with E-state index in [1.165, 1.54) is 6.42 Å². The maximum Gasteiger partial charge on any atom is 0.235 e. The fourth-order valence-corrected chi connectivity index (χ4v) is 4.59. The second-order valence-electron chi connectivity index (χ2n) is 7.66. The van der Waals surface area contributed by atoms with Crippen LogP contribution in [-0.2, 0) is 16.8 Å². The van der Waals surface area contributed by atoms with Crippen molar-refractivity contribution in [2.75, 3.05) is 10.6 Å². The number of aromatic hydroxyl groups is 1. The van der Waals surface area contributed by atoms with Gasteiger partial charge in [0.1, 0.15) is 11.3 Å². The van der Waals surface area contributed by atoms with Crippen LogP contribution in [-0.4, -0.2) is 11.0 Å². The number of fused-ring (bicyclic) bond motifs is 3. The van der Waals surface area contributed by atoms with Crippen LogP contribution < -0.4 is 10.6 Å². The maximum absolute atomic E-state index is 12.7. The van der Waals surface area contributed by atoms with Crippen molar-refractivity contribution >= 4 is 28.3 Å². The molecule has 1 aromatic heterocycles. The average molecular weight is 362 g/mol. The summed E-state index contributed by atoms with van der Waals surface area (Å²) in [6.07, 6.45) is 6.85. The van der Waals surface area contributed by atoms with Crippen molar-refractivity contribution in [3.63, 3.8) is 0 Å². The van der Waals surface area contributed by atoms with Gasteiger partial charge in [-0.1, -0.05) is 19.3 Å². The monoisotopic (exact) mass is 362 g/mol. The number of phenolic OH excluding ortho intramolecular Hbond substituents is 1. The lowest BCUT2D eigenvalue weighted by molar-refractivity contribution is -0.121. The first-order valence-corrected chi connectivity index (χ1v) is 9.55. The Morgan fingerprint density at radius 1 is 1.11 bits per heavy atom. The lowest BCUT2D eigenvalue weighted by Crippen LogP contribution is -2.36. The van der Waals surface area contributed by atoms with Crippen LogP contribution in [0.3, 0.4) is 0 Å². The standard InChI is InChI=1S/C22H22N2O3/c25-19-10-14(11-20-16(19)6-9-27-20)13-23-15-4-5-18-17(12-15)22(21(26)24-18)7-2-1-3-8-22/h4-6,9-12,23,25H,1-3,7-8,13H2,(H,24,26). The van der Waals surface area contributed by atoms with Crippen LogP contribution in [0, 0.1) is 0 Å². The van der Waals surface area contributed by atoms with Crippen molar-refractivity contribution in [3.05, 3.63) is 53.8 Å². The van der Waals surface area contributed by atoms with Crippen molar-refractivity contribution in [3.8, 4) is 5.75 Å². The molecule has 0 unspecified atom stereocenters. The van der Waals surface area contributed by atoms with Crippen LogP contribution in [0.15, 0.2) is 47.1 Å². The Hall–Kier alpha value is -2.95. The number of amides is 1. The van der Waals surface area contributed by atoms with E-state index in [1.807, 2.05) is 18.2 Å². The zero-order valence-electron chi connectivity index (χ0n) is 15.0. The van der Waals surface area contributed by atoms with Crippen LogP contribution in [0.5, 0.6) is 5.75 Å². The normalized spacial score (nSPS) is 17.9. The number of carbonyl (C=O) groups is 1. The fourth-order valence-electron chi connectivity index (χ4n) is 4.59. The van der Waals surface area contributed by atoms with Gasteiger partial charge in [0.25, 0.3) is 0 Å². The van der Waals surface area contributed by atoms with Gasteiger partial charge < -0.3 is 20.2 Å². The summed E-state index contributed by atoms with van der Waals surface area (Å²) in [6.45, 7) is 0.567. The molecule has 0 atom stereocenters. The van der Waals surface area contributed by atoms with Gasteiger partial charge >= 0.3 is 0 Å². The Bertz CT molecular complexity index is 1030. The minimum atomic E-state index is -0.351. The molecule has 0 saturated heterocycles. The number of rotatable bonds is 3. The molecule has 1 saturated carbocycles. The van der Waals surface area contributed by atoms with E-state index in [0.29, 0.717) is 12.1 Å². The van der Waals surface area contributed by atoms with Crippen LogP contribution in [0.1, 0.15) is 43.2 Å². The molecule has 5 heteroatoms. The van der Waals surface area contributed by atoms with Gasteiger partial charge in [0.15, 0.2) is 0 Å². The van der Waals surface area contributed by atoms with Gasteiger partial charge in [-0.25, -0.2) is 0 Å². The predicted molar refractivity (Wildman–Crippen MR) is 105 cm³/mol. The zero-order valence-corrected chi connectivity index (χ0v) is 15.0. The number of hydrogen-bond acceptors (Lipinski definition) is 4. The van der Waals surface area contributed by atoms with E-state index < -0.39 is 0 Å². The van der Waals surface area contributed by atoms with Gasteiger partial charge in [0, 0.05) is 17.9 Å². The van der Waals surface area contributed by atoms with Gasteiger partial charge in [0.2, 0.25) is 5.91 Å². The number of nitrogens with one attached hydrogen (secondary N) is 2. The highest BCUT2D eigenvalue weighted by Crippen LogP contribution is 2.48. The molecule has 27 heavy (non-hydrogen) atoms. The minimum Gasteiger partial charge on any atom is -0.507 e. The predicted octanol–water partition coefficient (Wildman–Crippen LogP) is 4.90. The number of furan rings is 1. The van der Waals surface area contributed by atoms with E-state index in [-0.39, 0.29) is 17.1 Å². The summed E-state index contributed by atoms with van der Waals surface area (Å²) in [6, 6.07) is 11.5. The third-order valence-electron chi connectivity index (χ3n) is 6.03. The quantitative estimate of drug-likeness (QED) is 0.619. The molecule has 0 bridgehead atoms. The lowest BCUT2D eigenvalue weighted by Gasteiger charge is -2.31. The Labute approximate surface area is 157 Å². The van der Waals surface area contributed by atoms with Gasteiger partial charge in [-0.3, -0.25) is 4.79 Å². The van der Waals surface area contributed by atoms with E-state index in [9.17, 15) is 9.90 Å². The molecular weight excluding hydrogens is 340 g/mol. The summed E-state index contributed by atoms with van der Waals surface area (Å²) in [5, 5.41) is 17.3. The first-order chi connectivity index (χ1) is 13.2. The van der Waals surface area contributed by atoms with Crippen molar-refractivity contribution < 1.29 is 14.3 Å². The Morgan fingerprint density at radius 2 is 1.96 bits per heavy atom. The average Bonchev–Trinajstić information content (AvgIpc) is 3.25. The van der Waals surface area contributed by atoms with Crippen LogP contribution in [0.2, 0.25) is 0 Å². The molecule has 3 N–H and O–H groups in total. The molecule has 5 nitrogen and oxygen atoms in total. The largest absolute Gasteiger partial charge is 0.507 e. The molecule has 1 fully saturated rings. The van der Waals surface area contributed by atoms with E-state index in [0.717, 1.165) is 53.6 Å². The highest BCUT2D eigenvalue weighted by molar-refractivity contribution is 6.06. The molecule has 1 spiro atoms. The summed E-state index contributed by atoms with van der Waals surface area (Å²) in [7, 11) is 0. The zero-order chi connectivity index (χ0) is 18.4. The molecule has 2 aliphatic rings. The summed E-state index contributed by atoms with van der Waals surface area (Å²) < 4.78 is 5.41. The third kappa shape index (κ3) is 2.57. The van der Waals surface area contributed by atoms with E-state index >= 15 is 0 Å². The summed E-state index contributed by atoms with van der Waals surface area (Å²) in [5.74, 6) is 0.380. The van der Waals surface area contributed by atoms with Crippen molar-refractivity contribution in [2.45, 2.75) is 44.1 Å². The molecule has 3 aromatic rings. The van der Waals surface area contributed by atoms with Crippen molar-refractivity contribution in [1.29, 1.82) is 0 Å². The van der Waals surface area contributed by atoms with E-state index in [2.05, 4.69) is 16.7 Å². The summed E-state index contributed by atoms with van der Waals surface area (Å²) in [4.78, 5) is 12.7. The van der Waals surface area contributed by atoms with Gasteiger partial charge in [-0.05, 0) is 60.4 Å². The van der Waals surface area contributed by atoms with Crippen LogP contribution in [0.25, 0.3) is 11.0 Å². The smallest absolute Gasteiger partial charge is 0.235 e. The highest BCUT2D eigenvalue weighted by Gasteiger charge is 2.47. The Kier molecular flexibility index (Phi) is 3.64. The minimum absolute atomic E-state index is 0.155. The first-order valence-electron chi connectivity index (χ1n) is 9.55. The van der Waals surface area contributed by atoms with Crippen LogP contribution >= 0.6 is 0 Å². The first kappa shape index (κ1) is 16.2. The van der Waals surface area contributed by atoms with Crippen molar-refractivity contribution in [1.82, 2.24) is 0 Å². The number of phenols is 1. The number of anilines is 2. The molecule has 1 aliphatic heterocycles. The Morgan fingerprint density at radius 3 is 2.81 bits per heavy atom. The molecule has 138 valence electrons. The van der Waals surface area contributed by atoms with Crippen LogP contribution in [0.4, 0.5) is 11.4 Å². The number of hydrogen-bond donors (Lipinski definition) is 3. The number of benzene rings is 2. The molecule has 0 radical (unpaired) electrons. The van der Waals surface area contributed by atoms with Gasteiger partial charge in [-0.2, -0.15) is 0 Å². The Balaban J connectivity index is 1.41. The molecule has 1 amide bonds. The maximum atomic E-state index is 12.7. The SMILES string of the molecule is O=C1Nc2ccc(NCc3cc(O)c4ccoc4c3)cc2C12CCCCC2. The molecule has 5 rings (SSSR count). The molecular formula is C22H22N2O3. The summed E-state index contributed by atoms with van der Waals surface area (Å²) in [5.41, 5.74) is 4.32. The van der Waals surface area contributed by atoms with Gasteiger partial charge in [0.05, 0.1) is 17.1 Å². The molecule has 1 aliphatic carbocycles.